The number of hydrogen-bond donors (Lipinski definition) is 0. The molecule has 0 saturated carbocycles. The second kappa shape index (κ2) is 7.72. The molecular formula is C15H15ClN2O4. The third-order valence-corrected chi connectivity index (χ3v) is 2.92. The van der Waals surface area contributed by atoms with E-state index in [0.717, 1.165) is 5.56 Å². The van der Waals surface area contributed by atoms with Crippen LogP contribution in [0.3, 0.4) is 0 Å². The number of halogens is 1. The average Bonchev–Trinajstić information content (AvgIpc) is 2.99. The predicted octanol–water partition coefficient (Wildman–Crippen LogP) is 3.02. The van der Waals surface area contributed by atoms with Crippen LogP contribution in [0, 0.1) is 0 Å². The molecule has 0 aliphatic heterocycles. The van der Waals surface area contributed by atoms with Crippen molar-refractivity contribution in [3.63, 3.8) is 0 Å². The number of carbonyl (C=O) groups is 1. The van der Waals surface area contributed by atoms with Crippen LogP contribution in [0.15, 0.2) is 41.4 Å². The Morgan fingerprint density at radius 2 is 2.36 bits per heavy atom. The maximum absolute atomic E-state index is 11.7. The van der Waals surface area contributed by atoms with Gasteiger partial charge in [0, 0.05) is 10.6 Å². The van der Waals surface area contributed by atoms with Gasteiger partial charge < -0.3 is 14.0 Å². The van der Waals surface area contributed by atoms with Crippen LogP contribution in [0.5, 0.6) is 0 Å². The van der Waals surface area contributed by atoms with Crippen LogP contribution in [0.4, 0.5) is 0 Å². The Balaban J connectivity index is 1.92. The van der Waals surface area contributed by atoms with Crippen molar-refractivity contribution < 1.29 is 18.8 Å². The van der Waals surface area contributed by atoms with Crippen molar-refractivity contribution in [3.8, 4) is 11.4 Å². The molecule has 0 spiro atoms. The Hall–Kier alpha value is -2.18. The maximum Gasteiger partial charge on any atom is 0.335 e. The molecule has 0 aliphatic rings. The summed E-state index contributed by atoms with van der Waals surface area (Å²) < 4.78 is 15.2. The van der Waals surface area contributed by atoms with Gasteiger partial charge in [-0.15, -0.1) is 6.58 Å². The number of esters is 1. The number of carbonyl (C=O) groups excluding carboxylic acids is 1. The van der Waals surface area contributed by atoms with Crippen molar-refractivity contribution in [2.45, 2.75) is 19.6 Å². The molecule has 0 saturated heterocycles. The van der Waals surface area contributed by atoms with Gasteiger partial charge in [0.05, 0.1) is 6.61 Å². The first-order chi connectivity index (χ1) is 10.6. The standard InChI is InChI=1S/C15H15ClN2O4/c1-3-7-20-10(2)15(19)21-9-13-17-14(18-22-13)11-5-4-6-12(16)8-11/h3-6,8,10H,1,7,9H2,2H3. The summed E-state index contributed by atoms with van der Waals surface area (Å²) in [4.78, 5) is 15.8. The molecule has 6 nitrogen and oxygen atoms in total. The summed E-state index contributed by atoms with van der Waals surface area (Å²) in [6.07, 6.45) is 0.868. The van der Waals surface area contributed by atoms with E-state index in [9.17, 15) is 4.79 Å². The number of nitrogens with zero attached hydrogens (tertiary/aromatic N) is 2. The van der Waals surface area contributed by atoms with E-state index in [1.165, 1.54) is 0 Å². The first kappa shape index (κ1) is 16.2. The second-order valence-corrected chi connectivity index (χ2v) is 4.83. The molecule has 0 radical (unpaired) electrons. The van der Waals surface area contributed by atoms with Crippen molar-refractivity contribution in [2.24, 2.45) is 0 Å². The number of ether oxygens (including phenoxy) is 2. The number of benzene rings is 1. The van der Waals surface area contributed by atoms with Gasteiger partial charge in [-0.05, 0) is 19.1 Å². The minimum atomic E-state index is -0.687. The van der Waals surface area contributed by atoms with E-state index in [1.54, 1.807) is 37.3 Å². The zero-order chi connectivity index (χ0) is 15.9. The van der Waals surface area contributed by atoms with Gasteiger partial charge in [0.25, 0.3) is 5.89 Å². The topological polar surface area (TPSA) is 74.5 Å². The lowest BCUT2D eigenvalue weighted by atomic mass is 10.2. The quantitative estimate of drug-likeness (QED) is 0.576. The molecule has 2 aromatic rings. The first-order valence-corrected chi connectivity index (χ1v) is 6.95. The summed E-state index contributed by atoms with van der Waals surface area (Å²) in [5.74, 6) is 0.0631. The molecule has 22 heavy (non-hydrogen) atoms. The summed E-state index contributed by atoms with van der Waals surface area (Å²) in [6.45, 7) is 5.25. The highest BCUT2D eigenvalue weighted by Crippen LogP contribution is 2.20. The van der Waals surface area contributed by atoms with Crippen LogP contribution in [0.2, 0.25) is 5.02 Å². The van der Waals surface area contributed by atoms with Crippen LogP contribution >= 0.6 is 11.6 Å². The van der Waals surface area contributed by atoms with Crippen molar-refractivity contribution in [3.05, 3.63) is 47.8 Å². The van der Waals surface area contributed by atoms with Gasteiger partial charge in [0.1, 0.15) is 0 Å². The highest BCUT2D eigenvalue weighted by molar-refractivity contribution is 6.30. The summed E-state index contributed by atoms with van der Waals surface area (Å²) in [7, 11) is 0. The highest BCUT2D eigenvalue weighted by atomic mass is 35.5. The molecule has 1 atom stereocenters. The minimum absolute atomic E-state index is 0.117. The summed E-state index contributed by atoms with van der Waals surface area (Å²) in [5, 5.41) is 4.39. The molecule has 1 heterocycles. The summed E-state index contributed by atoms with van der Waals surface area (Å²) >= 11 is 5.90. The lowest BCUT2D eigenvalue weighted by molar-refractivity contribution is -0.157. The lowest BCUT2D eigenvalue weighted by Crippen LogP contribution is -2.23. The Morgan fingerprint density at radius 1 is 1.55 bits per heavy atom. The molecule has 0 N–H and O–H groups in total. The summed E-state index contributed by atoms with van der Waals surface area (Å²) in [6, 6.07) is 7.05. The molecule has 116 valence electrons. The van der Waals surface area contributed by atoms with Gasteiger partial charge in [-0.3, -0.25) is 0 Å². The van der Waals surface area contributed by atoms with Gasteiger partial charge in [-0.1, -0.05) is 35.0 Å². The summed E-state index contributed by atoms with van der Waals surface area (Å²) in [5.41, 5.74) is 0.719. The molecular weight excluding hydrogens is 308 g/mol. The monoisotopic (exact) mass is 322 g/mol. The van der Waals surface area contributed by atoms with Gasteiger partial charge in [0.15, 0.2) is 12.7 Å². The zero-order valence-corrected chi connectivity index (χ0v) is 12.7. The highest BCUT2D eigenvalue weighted by Gasteiger charge is 2.16. The molecule has 2 rings (SSSR count). The Morgan fingerprint density at radius 3 is 3.09 bits per heavy atom. The fourth-order valence-corrected chi connectivity index (χ4v) is 1.78. The normalized spacial score (nSPS) is 11.9. The van der Waals surface area contributed by atoms with Crippen LogP contribution in [0.1, 0.15) is 12.8 Å². The molecule has 1 aromatic heterocycles. The fraction of sp³-hybridized carbons (Fsp3) is 0.267. The van der Waals surface area contributed by atoms with E-state index in [0.29, 0.717) is 10.8 Å². The number of hydrogen-bond acceptors (Lipinski definition) is 6. The Labute approximate surface area is 132 Å². The van der Waals surface area contributed by atoms with Gasteiger partial charge >= 0.3 is 5.97 Å². The van der Waals surface area contributed by atoms with Gasteiger partial charge in [-0.2, -0.15) is 4.98 Å². The second-order valence-electron chi connectivity index (χ2n) is 4.39. The van der Waals surface area contributed by atoms with Crippen LogP contribution in [-0.4, -0.2) is 28.8 Å². The van der Waals surface area contributed by atoms with Crippen molar-refractivity contribution in [2.75, 3.05) is 6.61 Å². The van der Waals surface area contributed by atoms with E-state index in [2.05, 4.69) is 16.7 Å². The van der Waals surface area contributed by atoms with E-state index in [4.69, 9.17) is 25.6 Å². The molecule has 0 bridgehead atoms. The Bertz CT molecular complexity index is 656. The molecule has 0 fully saturated rings. The first-order valence-electron chi connectivity index (χ1n) is 6.58. The van der Waals surface area contributed by atoms with E-state index in [1.807, 2.05) is 0 Å². The zero-order valence-electron chi connectivity index (χ0n) is 12.0. The molecule has 1 aromatic carbocycles. The number of aromatic nitrogens is 2. The van der Waals surface area contributed by atoms with E-state index >= 15 is 0 Å². The van der Waals surface area contributed by atoms with E-state index < -0.39 is 12.1 Å². The van der Waals surface area contributed by atoms with E-state index in [-0.39, 0.29) is 19.1 Å². The van der Waals surface area contributed by atoms with Crippen LogP contribution < -0.4 is 0 Å². The SMILES string of the molecule is C=CCOC(C)C(=O)OCc1nc(-c2cccc(Cl)c2)no1. The third-order valence-electron chi connectivity index (χ3n) is 2.68. The van der Waals surface area contributed by atoms with Crippen molar-refractivity contribution in [1.82, 2.24) is 10.1 Å². The third kappa shape index (κ3) is 4.41. The van der Waals surface area contributed by atoms with Gasteiger partial charge in [-0.25, -0.2) is 4.79 Å². The van der Waals surface area contributed by atoms with Gasteiger partial charge in [0.2, 0.25) is 5.82 Å². The maximum atomic E-state index is 11.7. The Kier molecular flexibility index (Phi) is 5.68. The fourth-order valence-electron chi connectivity index (χ4n) is 1.59. The van der Waals surface area contributed by atoms with Crippen molar-refractivity contribution in [1.29, 1.82) is 0 Å². The largest absolute Gasteiger partial charge is 0.454 e. The molecule has 1 unspecified atom stereocenters. The minimum Gasteiger partial charge on any atom is -0.454 e. The average molecular weight is 323 g/mol. The molecule has 0 aliphatic carbocycles. The number of rotatable bonds is 7. The molecule has 0 amide bonds. The molecule has 7 heteroatoms. The predicted molar refractivity (Wildman–Crippen MR) is 80.2 cm³/mol. The van der Waals surface area contributed by atoms with Crippen LogP contribution in [-0.2, 0) is 20.9 Å². The smallest absolute Gasteiger partial charge is 0.335 e. The van der Waals surface area contributed by atoms with Crippen molar-refractivity contribution >= 4 is 17.6 Å². The van der Waals surface area contributed by atoms with Crippen LogP contribution in [0.25, 0.3) is 11.4 Å². The lowest BCUT2D eigenvalue weighted by Gasteiger charge is -2.09.